The molecule has 92 valence electrons. The highest BCUT2D eigenvalue weighted by molar-refractivity contribution is 6.33. The van der Waals surface area contributed by atoms with Crippen molar-refractivity contribution in [2.24, 2.45) is 0 Å². The molecule has 0 aliphatic carbocycles. The van der Waals surface area contributed by atoms with E-state index in [4.69, 9.17) is 21.4 Å². The van der Waals surface area contributed by atoms with E-state index in [0.717, 1.165) is 12.2 Å². The summed E-state index contributed by atoms with van der Waals surface area (Å²) >= 11 is 6.11. The molecule has 0 amide bonds. The second-order valence-electron chi connectivity index (χ2n) is 3.99. The normalized spacial score (nSPS) is 20.3. The van der Waals surface area contributed by atoms with Crippen LogP contribution in [0.4, 0.5) is 5.69 Å². The molecule has 0 aromatic heterocycles. The van der Waals surface area contributed by atoms with Crippen LogP contribution in [0, 0.1) is 0 Å². The van der Waals surface area contributed by atoms with Gasteiger partial charge in [0.25, 0.3) is 0 Å². The van der Waals surface area contributed by atoms with Gasteiger partial charge >= 0.3 is 5.97 Å². The SMILES string of the molecule is O=C(O)CC1CN(c2ccccc2Cl)CCO1. The standard InChI is InChI=1S/C12H14ClNO3/c13-10-3-1-2-4-11(10)14-5-6-17-9(8-14)7-12(15)16/h1-4,9H,5-8H2,(H,15,16). The molecule has 17 heavy (non-hydrogen) atoms. The minimum atomic E-state index is -0.837. The molecule has 1 heterocycles. The van der Waals surface area contributed by atoms with E-state index in [9.17, 15) is 4.79 Å². The maximum atomic E-state index is 10.7. The van der Waals surface area contributed by atoms with Crippen LogP contribution in [0.15, 0.2) is 24.3 Å². The zero-order valence-electron chi connectivity index (χ0n) is 9.30. The summed E-state index contributed by atoms with van der Waals surface area (Å²) in [5.41, 5.74) is 0.938. The average molecular weight is 256 g/mol. The minimum absolute atomic E-state index is 0.0287. The summed E-state index contributed by atoms with van der Waals surface area (Å²) in [5, 5.41) is 9.44. The van der Waals surface area contributed by atoms with Crippen LogP contribution >= 0.6 is 11.6 Å². The molecule has 4 nitrogen and oxygen atoms in total. The van der Waals surface area contributed by atoms with E-state index in [1.165, 1.54) is 0 Å². The Labute approximate surface area is 105 Å². The summed E-state index contributed by atoms with van der Waals surface area (Å²) in [7, 11) is 0. The first kappa shape index (κ1) is 12.2. The van der Waals surface area contributed by atoms with E-state index < -0.39 is 5.97 Å². The second kappa shape index (κ2) is 5.38. The predicted octanol–water partition coefficient (Wildman–Crippen LogP) is 2.02. The molecule has 1 aromatic rings. The molecule has 1 aliphatic heterocycles. The van der Waals surface area contributed by atoms with E-state index in [-0.39, 0.29) is 12.5 Å². The number of aliphatic carboxylic acids is 1. The first-order chi connectivity index (χ1) is 8.16. The fraction of sp³-hybridized carbons (Fsp3) is 0.417. The molecule has 1 fully saturated rings. The Morgan fingerprint density at radius 1 is 1.53 bits per heavy atom. The highest BCUT2D eigenvalue weighted by Crippen LogP contribution is 2.27. The minimum Gasteiger partial charge on any atom is -0.481 e. The lowest BCUT2D eigenvalue weighted by molar-refractivity contribution is -0.140. The number of anilines is 1. The quantitative estimate of drug-likeness (QED) is 0.898. The molecule has 1 atom stereocenters. The summed E-state index contributed by atoms with van der Waals surface area (Å²) in [6.45, 7) is 1.83. The number of morpholine rings is 1. The van der Waals surface area contributed by atoms with Crippen LogP contribution in [0.25, 0.3) is 0 Å². The van der Waals surface area contributed by atoms with Gasteiger partial charge in [-0.05, 0) is 12.1 Å². The fourth-order valence-electron chi connectivity index (χ4n) is 1.96. The van der Waals surface area contributed by atoms with Gasteiger partial charge in [0, 0.05) is 13.1 Å². The summed E-state index contributed by atoms with van der Waals surface area (Å²) in [4.78, 5) is 12.7. The number of benzene rings is 1. The van der Waals surface area contributed by atoms with E-state index in [1.54, 1.807) is 0 Å². The van der Waals surface area contributed by atoms with E-state index in [0.29, 0.717) is 18.2 Å². The van der Waals surface area contributed by atoms with Gasteiger partial charge in [0.05, 0.1) is 29.8 Å². The Balaban J connectivity index is 2.07. The smallest absolute Gasteiger partial charge is 0.306 e. The van der Waals surface area contributed by atoms with Crippen molar-refractivity contribution in [2.45, 2.75) is 12.5 Å². The number of carboxylic acids is 1. The topological polar surface area (TPSA) is 49.8 Å². The predicted molar refractivity (Wildman–Crippen MR) is 65.7 cm³/mol. The van der Waals surface area contributed by atoms with Crippen LogP contribution in [0.5, 0.6) is 0 Å². The molecule has 0 saturated carbocycles. The number of carbonyl (C=O) groups is 1. The number of nitrogens with zero attached hydrogens (tertiary/aromatic N) is 1. The first-order valence-electron chi connectivity index (χ1n) is 5.49. The summed E-state index contributed by atoms with van der Waals surface area (Å²) in [6, 6.07) is 7.56. The molecular formula is C12H14ClNO3. The first-order valence-corrected chi connectivity index (χ1v) is 5.87. The Morgan fingerprint density at radius 2 is 2.29 bits per heavy atom. The van der Waals surface area contributed by atoms with Crippen molar-refractivity contribution < 1.29 is 14.6 Å². The maximum Gasteiger partial charge on any atom is 0.306 e. The number of para-hydroxylation sites is 1. The number of rotatable bonds is 3. The zero-order chi connectivity index (χ0) is 12.3. The van der Waals surface area contributed by atoms with Gasteiger partial charge in [-0.3, -0.25) is 4.79 Å². The number of halogens is 1. The molecule has 1 unspecified atom stereocenters. The van der Waals surface area contributed by atoms with Crippen LogP contribution in [-0.2, 0) is 9.53 Å². The molecule has 1 N–H and O–H groups in total. The lowest BCUT2D eigenvalue weighted by Crippen LogP contribution is -2.43. The van der Waals surface area contributed by atoms with Crippen LogP contribution in [0.2, 0.25) is 5.02 Å². The molecular weight excluding hydrogens is 242 g/mol. The van der Waals surface area contributed by atoms with E-state index >= 15 is 0 Å². The molecule has 0 bridgehead atoms. The number of carboxylic acid groups (broad SMARTS) is 1. The van der Waals surface area contributed by atoms with Gasteiger partial charge in [-0.1, -0.05) is 23.7 Å². The van der Waals surface area contributed by atoms with Gasteiger partial charge in [0.2, 0.25) is 0 Å². The van der Waals surface area contributed by atoms with Gasteiger partial charge in [0.1, 0.15) is 0 Å². The molecule has 0 spiro atoms. The Kier molecular flexibility index (Phi) is 3.86. The van der Waals surface area contributed by atoms with Crippen molar-refractivity contribution in [1.82, 2.24) is 0 Å². The van der Waals surface area contributed by atoms with Crippen molar-refractivity contribution in [3.05, 3.63) is 29.3 Å². The van der Waals surface area contributed by atoms with Crippen molar-refractivity contribution in [2.75, 3.05) is 24.6 Å². The highest BCUT2D eigenvalue weighted by Gasteiger charge is 2.23. The Hall–Kier alpha value is -1.26. The lowest BCUT2D eigenvalue weighted by Gasteiger charge is -2.34. The maximum absolute atomic E-state index is 10.7. The van der Waals surface area contributed by atoms with E-state index in [2.05, 4.69) is 4.90 Å². The zero-order valence-corrected chi connectivity index (χ0v) is 10.1. The second-order valence-corrected chi connectivity index (χ2v) is 4.40. The fourth-order valence-corrected chi connectivity index (χ4v) is 2.22. The molecule has 5 heteroatoms. The van der Waals surface area contributed by atoms with Gasteiger partial charge in [-0.15, -0.1) is 0 Å². The average Bonchev–Trinajstić information content (AvgIpc) is 2.29. The van der Waals surface area contributed by atoms with Gasteiger partial charge < -0.3 is 14.7 Å². The summed E-state index contributed by atoms with van der Waals surface area (Å²) in [5.74, 6) is -0.837. The summed E-state index contributed by atoms with van der Waals surface area (Å²) in [6.07, 6.45) is -0.237. The molecule has 1 aliphatic rings. The summed E-state index contributed by atoms with van der Waals surface area (Å²) < 4.78 is 5.41. The molecule has 1 saturated heterocycles. The molecule has 0 radical (unpaired) electrons. The van der Waals surface area contributed by atoms with Crippen LogP contribution in [0.1, 0.15) is 6.42 Å². The van der Waals surface area contributed by atoms with Crippen LogP contribution in [-0.4, -0.2) is 36.9 Å². The van der Waals surface area contributed by atoms with Crippen molar-refractivity contribution in [3.8, 4) is 0 Å². The van der Waals surface area contributed by atoms with Crippen LogP contribution < -0.4 is 4.90 Å². The number of ether oxygens (including phenoxy) is 1. The monoisotopic (exact) mass is 255 g/mol. The Morgan fingerprint density at radius 3 is 3.00 bits per heavy atom. The largest absolute Gasteiger partial charge is 0.481 e. The van der Waals surface area contributed by atoms with E-state index in [1.807, 2.05) is 24.3 Å². The van der Waals surface area contributed by atoms with Gasteiger partial charge in [0.15, 0.2) is 0 Å². The molecule has 1 aromatic carbocycles. The number of hydrogen-bond acceptors (Lipinski definition) is 3. The lowest BCUT2D eigenvalue weighted by atomic mass is 10.2. The third-order valence-corrected chi connectivity index (χ3v) is 3.05. The van der Waals surface area contributed by atoms with Crippen molar-refractivity contribution in [3.63, 3.8) is 0 Å². The Bertz CT molecular complexity index is 410. The van der Waals surface area contributed by atoms with Crippen molar-refractivity contribution >= 4 is 23.3 Å². The third-order valence-electron chi connectivity index (χ3n) is 2.73. The van der Waals surface area contributed by atoms with Gasteiger partial charge in [-0.2, -0.15) is 0 Å². The van der Waals surface area contributed by atoms with Crippen LogP contribution in [0.3, 0.4) is 0 Å². The van der Waals surface area contributed by atoms with Gasteiger partial charge in [-0.25, -0.2) is 0 Å². The third kappa shape index (κ3) is 3.11. The van der Waals surface area contributed by atoms with Crippen molar-refractivity contribution in [1.29, 1.82) is 0 Å². The number of hydrogen-bond donors (Lipinski definition) is 1. The highest BCUT2D eigenvalue weighted by atomic mass is 35.5. The molecule has 2 rings (SSSR count).